The molecule has 2 nitrogen and oxygen atoms in total. The summed E-state index contributed by atoms with van der Waals surface area (Å²) in [6.07, 6.45) is 19.8. The first-order valence-corrected chi connectivity index (χ1v) is 7.96. The van der Waals surface area contributed by atoms with E-state index in [4.69, 9.17) is 9.47 Å². The molecule has 110 valence electrons. The van der Waals surface area contributed by atoms with E-state index in [1.54, 1.807) is 0 Å². The fraction of sp³-hybridized carbons (Fsp3) is 0.765. The molecular weight excluding hydrogens is 236 g/mol. The number of allylic oxidation sites excluding steroid dienone is 3. The normalized spacial score (nSPS) is 20.6. The Balaban J connectivity index is 1.83. The minimum absolute atomic E-state index is 0.0625. The summed E-state index contributed by atoms with van der Waals surface area (Å²) < 4.78 is 11.2. The van der Waals surface area contributed by atoms with Gasteiger partial charge in [-0.1, -0.05) is 31.2 Å². The van der Waals surface area contributed by atoms with Crippen molar-refractivity contribution in [3.63, 3.8) is 0 Å². The van der Waals surface area contributed by atoms with Crippen LogP contribution in [0.4, 0.5) is 0 Å². The molecule has 2 heteroatoms. The highest BCUT2D eigenvalue weighted by molar-refractivity contribution is 4.83. The predicted octanol–water partition coefficient (Wildman–Crippen LogP) is 5.00. The Morgan fingerprint density at radius 1 is 1.00 bits per heavy atom. The number of unbranched alkanes of at least 4 members (excludes halogenated alkanes) is 3. The van der Waals surface area contributed by atoms with Crippen molar-refractivity contribution in [2.45, 2.75) is 71.0 Å². The fourth-order valence-electron chi connectivity index (χ4n) is 2.15. The summed E-state index contributed by atoms with van der Waals surface area (Å²) in [5.74, 6) is 0. The van der Waals surface area contributed by atoms with E-state index in [1.165, 1.54) is 38.5 Å². The van der Waals surface area contributed by atoms with Gasteiger partial charge in [-0.3, -0.25) is 0 Å². The minimum Gasteiger partial charge on any atom is -0.353 e. The van der Waals surface area contributed by atoms with E-state index in [1.807, 2.05) is 0 Å². The van der Waals surface area contributed by atoms with E-state index < -0.39 is 0 Å². The summed E-state index contributed by atoms with van der Waals surface area (Å²) in [6, 6.07) is 0. The molecule has 1 heterocycles. The number of ether oxygens (including phenoxy) is 2. The Kier molecular flexibility index (Phi) is 10.8. The molecule has 0 amide bonds. The van der Waals surface area contributed by atoms with E-state index in [9.17, 15) is 0 Å². The Morgan fingerprint density at radius 3 is 2.42 bits per heavy atom. The van der Waals surface area contributed by atoms with Gasteiger partial charge in [0.15, 0.2) is 6.29 Å². The highest BCUT2D eigenvalue weighted by Gasteiger charge is 2.12. The molecule has 1 rings (SSSR count). The molecular formula is C17H30O2. The minimum atomic E-state index is 0.0625. The third-order valence-electron chi connectivity index (χ3n) is 3.29. The Morgan fingerprint density at radius 2 is 1.74 bits per heavy atom. The molecule has 0 aromatic rings. The number of hydrogen-bond donors (Lipinski definition) is 0. The smallest absolute Gasteiger partial charge is 0.157 e. The van der Waals surface area contributed by atoms with Gasteiger partial charge in [-0.05, 0) is 57.8 Å². The van der Waals surface area contributed by atoms with Gasteiger partial charge < -0.3 is 9.47 Å². The molecule has 0 spiro atoms. The Bertz CT molecular complexity index is 240. The molecule has 1 aliphatic heterocycles. The van der Waals surface area contributed by atoms with E-state index >= 15 is 0 Å². The van der Waals surface area contributed by atoms with Gasteiger partial charge in [-0.25, -0.2) is 0 Å². The summed E-state index contributed by atoms with van der Waals surface area (Å²) in [7, 11) is 0. The molecule has 1 saturated heterocycles. The van der Waals surface area contributed by atoms with E-state index in [0.717, 1.165) is 32.5 Å². The molecule has 19 heavy (non-hydrogen) atoms. The first-order chi connectivity index (χ1) is 9.43. The van der Waals surface area contributed by atoms with Crippen molar-refractivity contribution in [2.75, 3.05) is 13.2 Å². The molecule has 0 N–H and O–H groups in total. The lowest BCUT2D eigenvalue weighted by Crippen LogP contribution is -2.22. The summed E-state index contributed by atoms with van der Waals surface area (Å²) in [4.78, 5) is 0. The summed E-state index contributed by atoms with van der Waals surface area (Å²) in [5.41, 5.74) is 0. The molecule has 1 aliphatic rings. The van der Waals surface area contributed by atoms with Gasteiger partial charge in [0.1, 0.15) is 0 Å². The van der Waals surface area contributed by atoms with E-state index in [-0.39, 0.29) is 6.29 Å². The van der Waals surface area contributed by atoms with Crippen LogP contribution in [0.2, 0.25) is 0 Å². The standard InChI is InChI=1S/C17H30O2/c1-2-3-4-5-6-7-8-9-10-12-15-18-17-14-11-13-16-19-17/h3-4,9-10,17H,2,5-8,11-16H2,1H3. The van der Waals surface area contributed by atoms with Gasteiger partial charge in [-0.2, -0.15) is 0 Å². The van der Waals surface area contributed by atoms with Crippen LogP contribution >= 0.6 is 0 Å². The first kappa shape index (κ1) is 16.5. The van der Waals surface area contributed by atoms with Gasteiger partial charge in [-0.15, -0.1) is 0 Å². The second kappa shape index (κ2) is 12.4. The molecule has 0 aromatic carbocycles. The molecule has 1 fully saturated rings. The average molecular weight is 266 g/mol. The SMILES string of the molecule is CCC=CCCCCC=CCCOC1CCCCO1. The zero-order chi connectivity index (χ0) is 13.6. The van der Waals surface area contributed by atoms with Crippen LogP contribution in [-0.4, -0.2) is 19.5 Å². The first-order valence-electron chi connectivity index (χ1n) is 7.96. The average Bonchev–Trinajstić information content (AvgIpc) is 2.46. The second-order valence-corrected chi connectivity index (χ2v) is 5.09. The highest BCUT2D eigenvalue weighted by atomic mass is 16.7. The van der Waals surface area contributed by atoms with Gasteiger partial charge >= 0.3 is 0 Å². The van der Waals surface area contributed by atoms with Crippen molar-refractivity contribution >= 4 is 0 Å². The summed E-state index contributed by atoms with van der Waals surface area (Å²) >= 11 is 0. The van der Waals surface area contributed by atoms with E-state index in [0.29, 0.717) is 0 Å². The lowest BCUT2D eigenvalue weighted by atomic mass is 10.1. The third-order valence-corrected chi connectivity index (χ3v) is 3.29. The Hall–Kier alpha value is -0.600. The molecule has 0 saturated carbocycles. The van der Waals surface area contributed by atoms with Crippen LogP contribution in [0.15, 0.2) is 24.3 Å². The molecule has 0 radical (unpaired) electrons. The van der Waals surface area contributed by atoms with Crippen LogP contribution in [0, 0.1) is 0 Å². The quantitative estimate of drug-likeness (QED) is 0.409. The topological polar surface area (TPSA) is 18.5 Å². The highest BCUT2D eigenvalue weighted by Crippen LogP contribution is 2.13. The Labute approximate surface area is 118 Å². The largest absolute Gasteiger partial charge is 0.353 e. The maximum Gasteiger partial charge on any atom is 0.157 e. The van der Waals surface area contributed by atoms with Crippen molar-refractivity contribution in [3.05, 3.63) is 24.3 Å². The van der Waals surface area contributed by atoms with Crippen LogP contribution in [0.3, 0.4) is 0 Å². The van der Waals surface area contributed by atoms with Crippen molar-refractivity contribution in [2.24, 2.45) is 0 Å². The fourth-order valence-corrected chi connectivity index (χ4v) is 2.15. The van der Waals surface area contributed by atoms with Crippen molar-refractivity contribution in [1.29, 1.82) is 0 Å². The van der Waals surface area contributed by atoms with Crippen LogP contribution in [0.5, 0.6) is 0 Å². The van der Waals surface area contributed by atoms with Gasteiger partial charge in [0, 0.05) is 6.61 Å². The lowest BCUT2D eigenvalue weighted by Gasteiger charge is -2.22. The van der Waals surface area contributed by atoms with Crippen LogP contribution in [-0.2, 0) is 9.47 Å². The summed E-state index contributed by atoms with van der Waals surface area (Å²) in [6.45, 7) is 3.84. The van der Waals surface area contributed by atoms with Crippen molar-refractivity contribution in [3.8, 4) is 0 Å². The summed E-state index contributed by atoms with van der Waals surface area (Å²) in [5, 5.41) is 0. The zero-order valence-corrected chi connectivity index (χ0v) is 12.5. The lowest BCUT2D eigenvalue weighted by molar-refractivity contribution is -0.161. The molecule has 1 unspecified atom stereocenters. The second-order valence-electron chi connectivity index (χ2n) is 5.09. The number of rotatable bonds is 10. The van der Waals surface area contributed by atoms with Crippen LogP contribution in [0.25, 0.3) is 0 Å². The maximum absolute atomic E-state index is 5.67. The predicted molar refractivity (Wildman–Crippen MR) is 81.2 cm³/mol. The monoisotopic (exact) mass is 266 g/mol. The maximum atomic E-state index is 5.67. The van der Waals surface area contributed by atoms with Gasteiger partial charge in [0.05, 0.1) is 6.61 Å². The van der Waals surface area contributed by atoms with Gasteiger partial charge in [0.2, 0.25) is 0 Å². The van der Waals surface area contributed by atoms with Crippen molar-refractivity contribution in [1.82, 2.24) is 0 Å². The van der Waals surface area contributed by atoms with Crippen molar-refractivity contribution < 1.29 is 9.47 Å². The molecule has 0 aromatic heterocycles. The third kappa shape index (κ3) is 9.92. The van der Waals surface area contributed by atoms with Crippen LogP contribution in [0.1, 0.15) is 64.7 Å². The molecule has 1 atom stereocenters. The van der Waals surface area contributed by atoms with Gasteiger partial charge in [0.25, 0.3) is 0 Å². The number of hydrogen-bond acceptors (Lipinski definition) is 2. The molecule has 0 aliphatic carbocycles. The van der Waals surface area contributed by atoms with Crippen LogP contribution < -0.4 is 0 Å². The van der Waals surface area contributed by atoms with E-state index in [2.05, 4.69) is 31.2 Å². The molecule has 0 bridgehead atoms. The zero-order valence-electron chi connectivity index (χ0n) is 12.5.